The van der Waals surface area contributed by atoms with Crippen LogP contribution in [0.5, 0.6) is 0 Å². The first-order valence-electron chi connectivity index (χ1n) is 20.6. The van der Waals surface area contributed by atoms with Gasteiger partial charge in [0.25, 0.3) is 0 Å². The van der Waals surface area contributed by atoms with E-state index in [0.29, 0.717) is 32.4 Å². The van der Waals surface area contributed by atoms with E-state index in [-0.39, 0.29) is 36.2 Å². The number of benzene rings is 4. The number of likely N-dealkylation sites (tertiary alicyclic amines) is 1. The SMILES string of the molecule is CC[C@H](C)[C@H](NC[C@@H]1C[C@H](SC(c2ccccc2)(c2ccccc2)c2ccccc2)CN1C(=O)OC(C)(C)C)C(=O)N1Cc2ccccc2C[C@H]1C(=O)NCC(=O)OC. The van der Waals surface area contributed by atoms with Crippen molar-refractivity contribution in [1.82, 2.24) is 20.4 Å². The smallest absolute Gasteiger partial charge is 0.410 e. The van der Waals surface area contributed by atoms with Gasteiger partial charge in [-0.3, -0.25) is 14.4 Å². The summed E-state index contributed by atoms with van der Waals surface area (Å²) >= 11 is 1.85. The van der Waals surface area contributed by atoms with Gasteiger partial charge in [-0.1, -0.05) is 136 Å². The van der Waals surface area contributed by atoms with Crippen molar-refractivity contribution in [2.45, 2.75) is 94.1 Å². The molecule has 1 fully saturated rings. The standard InChI is InChI=1S/C48H58N4O6S/c1-7-33(2)43(45(55)52-31-35-20-18-17-19-34(35)27-41(52)44(54)50-30-42(53)57-6)49-29-39-28-40(32-51(39)46(56)58-47(3,4)5)59-48(36-21-11-8-12-22-36,37-23-13-9-14-24-37)38-25-15-10-16-26-38/h8-26,33,39-41,43,49H,7,27-32H2,1-6H3,(H,50,54)/t33-,39-,40-,41-,43-/m0/s1. The average Bonchev–Trinajstić information content (AvgIpc) is 3.66. The third-order valence-electron chi connectivity index (χ3n) is 11.4. The first kappa shape index (κ1) is 43.4. The Kier molecular flexibility index (Phi) is 14.2. The molecule has 0 aliphatic carbocycles. The van der Waals surface area contributed by atoms with Crippen LogP contribution in [0, 0.1) is 5.92 Å². The predicted octanol–water partition coefficient (Wildman–Crippen LogP) is 7.34. The predicted molar refractivity (Wildman–Crippen MR) is 233 cm³/mol. The molecule has 0 bridgehead atoms. The quantitative estimate of drug-likeness (QED) is 0.100. The van der Waals surface area contributed by atoms with E-state index in [2.05, 4.69) is 83.4 Å². The molecule has 0 aromatic heterocycles. The van der Waals surface area contributed by atoms with Gasteiger partial charge in [-0.15, -0.1) is 11.8 Å². The van der Waals surface area contributed by atoms with Gasteiger partial charge in [-0.2, -0.15) is 0 Å². The number of thioether (sulfide) groups is 1. The van der Waals surface area contributed by atoms with Crippen molar-refractivity contribution in [2.24, 2.45) is 5.92 Å². The monoisotopic (exact) mass is 818 g/mol. The number of esters is 1. The highest BCUT2D eigenvalue weighted by Gasteiger charge is 2.46. The zero-order chi connectivity index (χ0) is 42.2. The van der Waals surface area contributed by atoms with Crippen LogP contribution in [0.1, 0.15) is 75.3 Å². The fourth-order valence-corrected chi connectivity index (χ4v) is 10.1. The number of carbonyl (C=O) groups excluding carboxylic acids is 4. The van der Waals surface area contributed by atoms with Crippen LogP contribution in [0.2, 0.25) is 0 Å². The van der Waals surface area contributed by atoms with Crippen LogP contribution >= 0.6 is 11.8 Å². The lowest BCUT2D eigenvalue weighted by molar-refractivity contribution is -0.146. The molecule has 1 saturated heterocycles. The molecule has 0 radical (unpaired) electrons. The Bertz CT molecular complexity index is 1950. The Balaban J connectivity index is 1.31. The highest BCUT2D eigenvalue weighted by atomic mass is 32.2. The summed E-state index contributed by atoms with van der Waals surface area (Å²) in [5.41, 5.74) is 4.69. The molecule has 4 aromatic carbocycles. The number of nitrogens with zero attached hydrogens (tertiary/aromatic N) is 2. The summed E-state index contributed by atoms with van der Waals surface area (Å²) in [4.78, 5) is 58.0. The Labute approximate surface area is 353 Å². The number of fused-ring (bicyclic) bond motifs is 1. The number of hydrogen-bond acceptors (Lipinski definition) is 8. The molecule has 5 atom stereocenters. The van der Waals surface area contributed by atoms with Crippen molar-refractivity contribution in [2.75, 3.05) is 26.7 Å². The minimum absolute atomic E-state index is 0.00540. The number of methoxy groups -OCH3 is 1. The number of rotatable bonds is 14. The van der Waals surface area contributed by atoms with E-state index in [9.17, 15) is 19.2 Å². The molecule has 2 heterocycles. The summed E-state index contributed by atoms with van der Waals surface area (Å²) < 4.78 is 10.2. The highest BCUT2D eigenvalue weighted by Crippen LogP contribution is 2.52. The van der Waals surface area contributed by atoms with E-state index >= 15 is 0 Å². The minimum Gasteiger partial charge on any atom is -0.468 e. The molecular formula is C48H58N4O6S. The van der Waals surface area contributed by atoms with Crippen molar-refractivity contribution in [3.8, 4) is 0 Å². The number of carbonyl (C=O) groups is 4. The van der Waals surface area contributed by atoms with Gasteiger partial charge in [0.05, 0.1) is 17.9 Å². The van der Waals surface area contributed by atoms with E-state index in [1.54, 1.807) is 4.90 Å². The lowest BCUT2D eigenvalue weighted by Crippen LogP contribution is -2.59. The second-order valence-corrected chi connectivity index (χ2v) is 18.1. The molecule has 312 valence electrons. The van der Waals surface area contributed by atoms with Gasteiger partial charge >= 0.3 is 12.1 Å². The summed E-state index contributed by atoms with van der Waals surface area (Å²) in [6.45, 7) is 10.5. The van der Waals surface area contributed by atoms with E-state index < -0.39 is 40.4 Å². The summed E-state index contributed by atoms with van der Waals surface area (Å²) in [5.74, 6) is -1.27. The maximum Gasteiger partial charge on any atom is 0.410 e. The van der Waals surface area contributed by atoms with Crippen molar-refractivity contribution in [3.05, 3.63) is 143 Å². The van der Waals surface area contributed by atoms with Gasteiger partial charge in [0, 0.05) is 37.3 Å². The van der Waals surface area contributed by atoms with Crippen molar-refractivity contribution < 1.29 is 28.7 Å². The maximum absolute atomic E-state index is 14.8. The number of amides is 3. The second kappa shape index (κ2) is 19.3. The molecule has 4 aromatic rings. The lowest BCUT2D eigenvalue weighted by atomic mass is 9.84. The molecule has 6 rings (SSSR count). The van der Waals surface area contributed by atoms with Crippen molar-refractivity contribution >= 4 is 35.6 Å². The zero-order valence-electron chi connectivity index (χ0n) is 35.1. The maximum atomic E-state index is 14.8. The molecule has 10 nitrogen and oxygen atoms in total. The molecule has 11 heteroatoms. The van der Waals surface area contributed by atoms with E-state index in [4.69, 9.17) is 9.47 Å². The Morgan fingerprint density at radius 3 is 1.86 bits per heavy atom. The number of nitrogens with one attached hydrogen (secondary N) is 2. The summed E-state index contributed by atoms with van der Waals surface area (Å²) in [7, 11) is 1.27. The number of ether oxygens (including phenoxy) is 2. The Morgan fingerprint density at radius 2 is 1.34 bits per heavy atom. The van der Waals surface area contributed by atoms with Gasteiger partial charge in [0.15, 0.2) is 0 Å². The summed E-state index contributed by atoms with van der Waals surface area (Å²) in [5, 5.41) is 6.30. The normalized spacial score (nSPS) is 19.0. The first-order chi connectivity index (χ1) is 28.3. The van der Waals surface area contributed by atoms with Gasteiger partial charge in [-0.05, 0) is 60.9 Å². The van der Waals surface area contributed by atoms with Crippen LogP contribution in [-0.2, 0) is 41.6 Å². The summed E-state index contributed by atoms with van der Waals surface area (Å²) in [6, 6.07) is 37.7. The Hall–Kier alpha value is -5.13. The van der Waals surface area contributed by atoms with Crippen LogP contribution in [0.4, 0.5) is 4.79 Å². The van der Waals surface area contributed by atoms with Crippen LogP contribution in [0.15, 0.2) is 115 Å². The molecule has 0 spiro atoms. The topological polar surface area (TPSA) is 117 Å². The Morgan fingerprint density at radius 1 is 0.797 bits per heavy atom. The van der Waals surface area contributed by atoms with Gasteiger partial charge in [0.1, 0.15) is 18.2 Å². The van der Waals surface area contributed by atoms with Crippen molar-refractivity contribution in [1.29, 1.82) is 0 Å². The van der Waals surface area contributed by atoms with Crippen LogP contribution in [0.25, 0.3) is 0 Å². The van der Waals surface area contributed by atoms with E-state index in [0.717, 1.165) is 27.8 Å². The lowest BCUT2D eigenvalue weighted by Gasteiger charge is -2.39. The molecule has 0 unspecified atom stereocenters. The molecule has 2 aliphatic rings. The van der Waals surface area contributed by atoms with E-state index in [1.165, 1.54) is 7.11 Å². The molecule has 3 amide bonds. The average molecular weight is 819 g/mol. The number of hydrogen-bond donors (Lipinski definition) is 2. The molecule has 2 aliphatic heterocycles. The molecular weight excluding hydrogens is 761 g/mol. The van der Waals surface area contributed by atoms with Crippen LogP contribution in [0.3, 0.4) is 0 Å². The highest BCUT2D eigenvalue weighted by molar-refractivity contribution is 8.01. The third-order valence-corrected chi connectivity index (χ3v) is 13.1. The van der Waals surface area contributed by atoms with Crippen LogP contribution < -0.4 is 10.6 Å². The molecule has 0 saturated carbocycles. The van der Waals surface area contributed by atoms with Gasteiger partial charge < -0.3 is 29.9 Å². The molecule has 59 heavy (non-hydrogen) atoms. The van der Waals surface area contributed by atoms with Gasteiger partial charge in [-0.25, -0.2) is 4.79 Å². The first-order valence-corrected chi connectivity index (χ1v) is 21.5. The second-order valence-electron chi connectivity index (χ2n) is 16.6. The summed E-state index contributed by atoms with van der Waals surface area (Å²) in [6.07, 6.45) is 1.29. The minimum atomic E-state index is -0.817. The van der Waals surface area contributed by atoms with E-state index in [1.807, 2.05) is 93.7 Å². The van der Waals surface area contributed by atoms with Crippen LogP contribution in [-0.4, -0.2) is 89.4 Å². The molecule has 2 N–H and O–H groups in total. The fraction of sp³-hybridized carbons (Fsp3) is 0.417. The fourth-order valence-electron chi connectivity index (χ4n) is 8.22. The third kappa shape index (κ3) is 10.2. The zero-order valence-corrected chi connectivity index (χ0v) is 35.9. The van der Waals surface area contributed by atoms with Gasteiger partial charge in [0.2, 0.25) is 11.8 Å². The largest absolute Gasteiger partial charge is 0.468 e. The van der Waals surface area contributed by atoms with Crippen molar-refractivity contribution in [3.63, 3.8) is 0 Å².